The van der Waals surface area contributed by atoms with Crippen molar-refractivity contribution in [2.24, 2.45) is 11.8 Å². The molecule has 0 heterocycles. The van der Waals surface area contributed by atoms with E-state index in [1.165, 1.54) is 6.92 Å². The van der Waals surface area contributed by atoms with E-state index >= 15 is 0 Å². The zero-order valence-electron chi connectivity index (χ0n) is 18.6. The molecule has 1 saturated carbocycles. The summed E-state index contributed by atoms with van der Waals surface area (Å²) in [4.78, 5) is 22.3. The first-order valence-electron chi connectivity index (χ1n) is 10.7. The maximum absolute atomic E-state index is 11.3. The van der Waals surface area contributed by atoms with E-state index < -0.39 is 6.10 Å². The molecule has 175 valence electrons. The average Bonchev–Trinajstić information content (AvgIpc) is 3.00. The molecule has 1 radical (unpaired) electrons. The van der Waals surface area contributed by atoms with Crippen LogP contribution in [0.5, 0.6) is 5.75 Å². The number of rotatable bonds is 12. The molecule has 1 aromatic rings. The van der Waals surface area contributed by atoms with Crippen molar-refractivity contribution in [2.75, 3.05) is 13.2 Å². The molecule has 8 heteroatoms. The Bertz CT molecular complexity index is 741. The fourth-order valence-corrected chi connectivity index (χ4v) is 4.19. The van der Waals surface area contributed by atoms with Gasteiger partial charge >= 0.3 is 11.9 Å². The number of aliphatic hydroxyl groups is 1. The fourth-order valence-electron chi connectivity index (χ4n) is 3.71. The second-order valence-electron chi connectivity index (χ2n) is 7.71. The molecule has 0 aromatic heterocycles. The van der Waals surface area contributed by atoms with Gasteiger partial charge in [0, 0.05) is 57.3 Å². The Morgan fingerprint density at radius 1 is 1.25 bits per heavy atom. The number of alkyl halides is 1. The molecule has 1 aliphatic rings. The second-order valence-corrected chi connectivity index (χ2v) is 8.27. The number of ether oxygens (including phenoxy) is 3. The number of carbonyl (C=O) groups is 2. The van der Waals surface area contributed by atoms with Crippen LogP contribution in [0.3, 0.4) is 0 Å². The van der Waals surface area contributed by atoms with Gasteiger partial charge in [0.15, 0.2) is 0 Å². The van der Waals surface area contributed by atoms with Gasteiger partial charge in [0.2, 0.25) is 0 Å². The van der Waals surface area contributed by atoms with Gasteiger partial charge in [0.25, 0.3) is 0 Å². The van der Waals surface area contributed by atoms with Crippen LogP contribution in [0, 0.1) is 18.8 Å². The zero-order valence-corrected chi connectivity index (χ0v) is 22.2. The summed E-state index contributed by atoms with van der Waals surface area (Å²) >= 11 is 6.50. The van der Waals surface area contributed by atoms with E-state index in [9.17, 15) is 14.7 Å². The summed E-state index contributed by atoms with van der Waals surface area (Å²) in [6.45, 7) is 5.57. The number of hydrogen-bond donors (Lipinski definition) is 1. The Kier molecular flexibility index (Phi) is 14.4. The molecule has 0 amide bonds. The van der Waals surface area contributed by atoms with Crippen LogP contribution in [0.15, 0.2) is 36.4 Å². The van der Waals surface area contributed by atoms with E-state index in [1.807, 2.05) is 30.3 Å². The topological polar surface area (TPSA) is 82.1 Å². The number of halogens is 1. The summed E-state index contributed by atoms with van der Waals surface area (Å²) in [7, 11) is 0. The standard InChI is InChI=1S/C24H32ClO6.Y/c1-3-29-24(28)12-7-5-4-6-11-20-21(23(27)14-22(20)25)16-31-19-10-8-9-18(13-19)15-30-17(2)26;/h4,6,8-10,13,20-23,27H,1,3,5,7,11-12,14-16H2,2H3;/q-1;/b6-4-;/t20-,21-,22-,23-;/m1./s1. The molecule has 0 unspecified atom stereocenters. The van der Waals surface area contributed by atoms with Crippen LogP contribution in [0.4, 0.5) is 0 Å². The third kappa shape index (κ3) is 10.3. The number of allylic oxidation sites excluding steroid dienone is 2. The SMILES string of the molecule is [CH2-]COC(=O)CCC/C=C\C[C@@H]1[C@@H](COc2cccc(COC(C)=O)c2)[C@H](O)C[C@H]1Cl.[Y]. The van der Waals surface area contributed by atoms with E-state index in [-0.39, 0.29) is 75.1 Å². The van der Waals surface area contributed by atoms with E-state index in [4.69, 9.17) is 25.8 Å². The normalized spacial score (nSPS) is 22.4. The molecule has 1 aromatic carbocycles. The van der Waals surface area contributed by atoms with Crippen LogP contribution in [0.25, 0.3) is 0 Å². The van der Waals surface area contributed by atoms with Gasteiger partial charge in [-0.3, -0.25) is 9.59 Å². The van der Waals surface area contributed by atoms with Crippen molar-refractivity contribution in [3.63, 3.8) is 0 Å². The quantitative estimate of drug-likeness (QED) is 0.141. The number of benzene rings is 1. The van der Waals surface area contributed by atoms with Gasteiger partial charge in [-0.1, -0.05) is 24.3 Å². The predicted molar refractivity (Wildman–Crippen MR) is 119 cm³/mol. The predicted octanol–water partition coefficient (Wildman–Crippen LogP) is 4.22. The second kappa shape index (κ2) is 15.8. The van der Waals surface area contributed by atoms with Gasteiger partial charge in [-0.05, 0) is 55.9 Å². The summed E-state index contributed by atoms with van der Waals surface area (Å²) in [5, 5.41) is 10.3. The maximum Gasteiger partial charge on any atom is 0.303 e. The van der Waals surface area contributed by atoms with Crippen molar-refractivity contribution >= 4 is 23.5 Å². The van der Waals surface area contributed by atoms with Crippen LogP contribution in [0.1, 0.15) is 44.6 Å². The first-order valence-corrected chi connectivity index (χ1v) is 11.1. The first kappa shape index (κ1) is 29.1. The van der Waals surface area contributed by atoms with E-state index in [0.29, 0.717) is 25.2 Å². The van der Waals surface area contributed by atoms with Crippen LogP contribution in [-0.4, -0.2) is 41.7 Å². The number of hydrogen-bond acceptors (Lipinski definition) is 6. The molecular formula is C24H32ClO6Y-. The van der Waals surface area contributed by atoms with Crippen LogP contribution in [-0.2, 0) is 58.4 Å². The number of unbranched alkanes of at least 4 members (excludes halogenated alkanes) is 1. The van der Waals surface area contributed by atoms with E-state index in [1.54, 1.807) is 0 Å². The largest absolute Gasteiger partial charge is 0.499 e. The summed E-state index contributed by atoms with van der Waals surface area (Å²) in [6, 6.07) is 7.38. The van der Waals surface area contributed by atoms with Crippen molar-refractivity contribution in [2.45, 2.75) is 57.1 Å². The molecule has 2 rings (SSSR count). The maximum atomic E-state index is 11.3. The minimum Gasteiger partial charge on any atom is -0.499 e. The summed E-state index contributed by atoms with van der Waals surface area (Å²) in [5.41, 5.74) is 0.841. The Labute approximate surface area is 220 Å². The summed E-state index contributed by atoms with van der Waals surface area (Å²) < 4.78 is 15.8. The van der Waals surface area contributed by atoms with Gasteiger partial charge in [-0.25, -0.2) is 0 Å². The Morgan fingerprint density at radius 3 is 2.75 bits per heavy atom. The van der Waals surface area contributed by atoms with Gasteiger partial charge in [-0.2, -0.15) is 0 Å². The van der Waals surface area contributed by atoms with Crippen molar-refractivity contribution in [3.05, 3.63) is 48.9 Å². The van der Waals surface area contributed by atoms with Crippen molar-refractivity contribution < 1.29 is 61.6 Å². The van der Waals surface area contributed by atoms with Crippen molar-refractivity contribution in [1.82, 2.24) is 0 Å². The molecule has 1 fully saturated rings. The molecule has 0 saturated heterocycles. The monoisotopic (exact) mass is 540 g/mol. The van der Waals surface area contributed by atoms with E-state index in [2.05, 4.69) is 13.0 Å². The molecule has 0 spiro atoms. The first-order chi connectivity index (χ1) is 14.9. The number of carbonyl (C=O) groups excluding carboxylic acids is 2. The van der Waals surface area contributed by atoms with Crippen LogP contribution >= 0.6 is 11.6 Å². The average molecular weight is 541 g/mol. The molecular weight excluding hydrogens is 509 g/mol. The smallest absolute Gasteiger partial charge is 0.303 e. The molecule has 32 heavy (non-hydrogen) atoms. The zero-order chi connectivity index (χ0) is 22.6. The van der Waals surface area contributed by atoms with Crippen molar-refractivity contribution in [3.8, 4) is 5.75 Å². The minimum absolute atomic E-state index is 0. The Balaban J connectivity index is 0.00000512. The molecule has 4 atom stereocenters. The minimum atomic E-state index is -0.512. The summed E-state index contributed by atoms with van der Waals surface area (Å²) in [6.07, 6.45) is 6.77. The van der Waals surface area contributed by atoms with Crippen LogP contribution in [0.2, 0.25) is 0 Å². The third-order valence-electron chi connectivity index (χ3n) is 5.35. The molecule has 1 aliphatic carbocycles. The van der Waals surface area contributed by atoms with Crippen molar-refractivity contribution in [1.29, 1.82) is 0 Å². The van der Waals surface area contributed by atoms with Gasteiger partial charge in [0.1, 0.15) is 12.4 Å². The molecule has 1 N–H and O–H groups in total. The Hall–Kier alpha value is -0.946. The number of aliphatic hydroxyl groups excluding tert-OH is 1. The fraction of sp³-hybridized carbons (Fsp3) is 0.542. The molecule has 0 bridgehead atoms. The summed E-state index contributed by atoms with van der Waals surface area (Å²) in [5.74, 6) is 0.142. The van der Waals surface area contributed by atoms with Gasteiger partial charge in [-0.15, -0.1) is 11.6 Å². The van der Waals surface area contributed by atoms with Crippen LogP contribution < -0.4 is 4.74 Å². The van der Waals surface area contributed by atoms with E-state index in [0.717, 1.165) is 24.8 Å². The molecule has 6 nitrogen and oxygen atoms in total. The third-order valence-corrected chi connectivity index (χ3v) is 5.85. The number of esters is 2. The molecule has 0 aliphatic heterocycles. The Morgan fingerprint density at radius 2 is 2.03 bits per heavy atom. The van der Waals surface area contributed by atoms with Gasteiger partial charge < -0.3 is 26.2 Å². The van der Waals surface area contributed by atoms with Gasteiger partial charge in [0.05, 0.1) is 12.7 Å².